The highest BCUT2D eigenvalue weighted by atomic mass is 35.5. The maximum absolute atomic E-state index is 9.97. The number of halogens is 2. The van der Waals surface area contributed by atoms with Gasteiger partial charge in [-0.2, -0.15) is 0 Å². The molecule has 2 aromatic rings. The second kappa shape index (κ2) is 5.27. The van der Waals surface area contributed by atoms with Crippen molar-refractivity contribution in [2.75, 3.05) is 0 Å². The summed E-state index contributed by atoms with van der Waals surface area (Å²) in [4.78, 5) is 0. The van der Waals surface area contributed by atoms with E-state index < -0.39 is 5.60 Å². The molecule has 0 amide bonds. The summed E-state index contributed by atoms with van der Waals surface area (Å²) >= 11 is 12.2. The predicted octanol–water partition coefficient (Wildman–Crippen LogP) is 4.50. The minimum absolute atomic E-state index is 0.513. The van der Waals surface area contributed by atoms with Crippen molar-refractivity contribution in [3.63, 3.8) is 0 Å². The van der Waals surface area contributed by atoms with Crippen LogP contribution in [0.2, 0.25) is 10.0 Å². The van der Waals surface area contributed by atoms with Crippen molar-refractivity contribution in [2.45, 2.75) is 12.5 Å². The van der Waals surface area contributed by atoms with Crippen molar-refractivity contribution >= 4 is 23.2 Å². The lowest BCUT2D eigenvalue weighted by Crippen LogP contribution is -2.17. The Morgan fingerprint density at radius 2 is 1.74 bits per heavy atom. The van der Waals surface area contributed by atoms with Gasteiger partial charge in [-0.25, -0.2) is 0 Å². The summed E-state index contributed by atoms with van der Waals surface area (Å²) in [7, 11) is 0. The molecule has 0 bridgehead atoms. The van der Waals surface area contributed by atoms with Crippen molar-refractivity contribution in [2.24, 2.45) is 0 Å². The minimum Gasteiger partial charge on any atom is -0.374 e. The van der Waals surface area contributed by atoms with Gasteiger partial charge in [0.05, 0.1) is 10.0 Å². The van der Waals surface area contributed by atoms with E-state index in [1.54, 1.807) is 25.1 Å². The Balaban J connectivity index is 2.44. The molecular weight excluding hydrogens is 279 g/mol. The van der Waals surface area contributed by atoms with Gasteiger partial charge < -0.3 is 5.11 Å². The molecule has 0 aromatic heterocycles. The van der Waals surface area contributed by atoms with Crippen LogP contribution in [0.15, 0.2) is 42.5 Å². The average Bonchev–Trinajstić information content (AvgIpc) is 2.42. The van der Waals surface area contributed by atoms with Crippen LogP contribution < -0.4 is 0 Å². The fourth-order valence-corrected chi connectivity index (χ4v) is 2.19. The van der Waals surface area contributed by atoms with E-state index in [1.807, 2.05) is 24.3 Å². The lowest BCUT2D eigenvalue weighted by atomic mass is 9.94. The predicted molar refractivity (Wildman–Crippen MR) is 80.3 cm³/mol. The molecule has 0 saturated carbocycles. The van der Waals surface area contributed by atoms with Crippen LogP contribution in [-0.4, -0.2) is 5.11 Å². The van der Waals surface area contributed by atoms with Crippen LogP contribution in [0, 0.1) is 12.3 Å². The maximum atomic E-state index is 9.97. The van der Waals surface area contributed by atoms with E-state index in [2.05, 4.69) is 5.92 Å². The third-order valence-corrected chi connectivity index (χ3v) is 3.81. The van der Waals surface area contributed by atoms with E-state index in [-0.39, 0.29) is 0 Å². The van der Waals surface area contributed by atoms with Crippen molar-refractivity contribution in [3.05, 3.63) is 58.1 Å². The first-order valence-corrected chi connectivity index (χ1v) is 6.46. The summed E-state index contributed by atoms with van der Waals surface area (Å²) in [5, 5.41) is 11.0. The van der Waals surface area contributed by atoms with E-state index >= 15 is 0 Å². The van der Waals surface area contributed by atoms with Gasteiger partial charge in [-0.05, 0) is 24.1 Å². The largest absolute Gasteiger partial charge is 0.374 e. The Labute approximate surface area is 122 Å². The fourth-order valence-electron chi connectivity index (χ4n) is 1.78. The molecule has 96 valence electrons. The number of rotatable bonds is 2. The summed E-state index contributed by atoms with van der Waals surface area (Å²) in [5.74, 6) is 2.35. The lowest BCUT2D eigenvalue weighted by Gasteiger charge is -2.17. The van der Waals surface area contributed by atoms with Gasteiger partial charge in [0, 0.05) is 5.56 Å². The molecule has 3 heteroatoms. The molecule has 0 heterocycles. The van der Waals surface area contributed by atoms with Gasteiger partial charge in [0.1, 0.15) is 5.60 Å². The van der Waals surface area contributed by atoms with Crippen LogP contribution in [0.1, 0.15) is 12.5 Å². The molecular formula is C16H12Cl2O. The smallest absolute Gasteiger partial charge is 0.147 e. The highest BCUT2D eigenvalue weighted by Gasteiger charge is 2.19. The van der Waals surface area contributed by atoms with Crippen molar-refractivity contribution in [1.29, 1.82) is 0 Å². The average molecular weight is 291 g/mol. The van der Waals surface area contributed by atoms with Crippen molar-refractivity contribution in [1.82, 2.24) is 0 Å². The number of hydrogen-bond donors (Lipinski definition) is 1. The van der Waals surface area contributed by atoms with Crippen molar-refractivity contribution < 1.29 is 5.11 Å². The van der Waals surface area contributed by atoms with Gasteiger partial charge >= 0.3 is 0 Å². The topological polar surface area (TPSA) is 20.2 Å². The summed E-state index contributed by atoms with van der Waals surface area (Å²) < 4.78 is 0. The van der Waals surface area contributed by atoms with Crippen LogP contribution in [0.3, 0.4) is 0 Å². The molecule has 0 saturated heterocycles. The van der Waals surface area contributed by atoms with Gasteiger partial charge in [-0.3, -0.25) is 0 Å². The molecule has 2 rings (SSSR count). The Kier molecular flexibility index (Phi) is 3.87. The first kappa shape index (κ1) is 14.0. The van der Waals surface area contributed by atoms with E-state index in [0.29, 0.717) is 15.6 Å². The van der Waals surface area contributed by atoms with Crippen LogP contribution >= 0.6 is 23.2 Å². The van der Waals surface area contributed by atoms with Crippen LogP contribution in [0.25, 0.3) is 11.1 Å². The van der Waals surface area contributed by atoms with E-state index in [1.165, 1.54) is 0 Å². The van der Waals surface area contributed by atoms with E-state index in [0.717, 1.165) is 11.1 Å². The van der Waals surface area contributed by atoms with Gasteiger partial charge in [0.25, 0.3) is 0 Å². The SMILES string of the molecule is C#CC(C)(O)c1ccc(-c2cccc(Cl)c2Cl)cc1. The second-order valence-corrected chi connectivity index (χ2v) is 5.18. The van der Waals surface area contributed by atoms with E-state index in [4.69, 9.17) is 29.6 Å². The van der Waals surface area contributed by atoms with Crippen LogP contribution in [-0.2, 0) is 5.60 Å². The molecule has 0 aliphatic rings. The number of hydrogen-bond acceptors (Lipinski definition) is 1. The molecule has 1 atom stereocenters. The fraction of sp³-hybridized carbons (Fsp3) is 0.125. The first-order chi connectivity index (χ1) is 8.95. The Bertz CT molecular complexity index is 637. The zero-order valence-corrected chi connectivity index (χ0v) is 11.8. The highest BCUT2D eigenvalue weighted by molar-refractivity contribution is 6.43. The molecule has 19 heavy (non-hydrogen) atoms. The first-order valence-electron chi connectivity index (χ1n) is 5.71. The Hall–Kier alpha value is -1.46. The number of aliphatic hydroxyl groups is 1. The van der Waals surface area contributed by atoms with Gasteiger partial charge in [-0.1, -0.05) is 65.5 Å². The molecule has 2 aromatic carbocycles. The van der Waals surface area contributed by atoms with E-state index in [9.17, 15) is 5.11 Å². The zero-order valence-electron chi connectivity index (χ0n) is 10.3. The molecule has 1 nitrogen and oxygen atoms in total. The normalized spacial score (nSPS) is 13.6. The molecule has 0 aliphatic heterocycles. The molecule has 0 radical (unpaired) electrons. The third-order valence-electron chi connectivity index (χ3n) is 2.99. The summed E-state index contributed by atoms with van der Waals surface area (Å²) in [5.41, 5.74) is 1.17. The zero-order chi connectivity index (χ0) is 14.0. The quantitative estimate of drug-likeness (QED) is 0.808. The van der Waals surface area contributed by atoms with Crippen molar-refractivity contribution in [3.8, 4) is 23.5 Å². The molecule has 0 fully saturated rings. The summed E-state index contributed by atoms with van der Waals surface area (Å²) in [6.45, 7) is 1.58. The molecule has 0 spiro atoms. The van der Waals surface area contributed by atoms with Gasteiger partial charge in [-0.15, -0.1) is 6.42 Å². The third kappa shape index (κ3) is 2.77. The lowest BCUT2D eigenvalue weighted by molar-refractivity contribution is 0.122. The monoisotopic (exact) mass is 290 g/mol. The van der Waals surface area contributed by atoms with Gasteiger partial charge in [0.15, 0.2) is 0 Å². The second-order valence-electron chi connectivity index (χ2n) is 4.40. The maximum Gasteiger partial charge on any atom is 0.147 e. The Morgan fingerprint density at radius 1 is 1.11 bits per heavy atom. The molecule has 1 unspecified atom stereocenters. The molecule has 1 N–H and O–H groups in total. The highest BCUT2D eigenvalue weighted by Crippen LogP contribution is 2.34. The van der Waals surface area contributed by atoms with Gasteiger partial charge in [0.2, 0.25) is 0 Å². The summed E-state index contributed by atoms with van der Waals surface area (Å²) in [6, 6.07) is 12.8. The number of benzene rings is 2. The standard InChI is InChI=1S/C16H12Cl2O/c1-3-16(2,19)12-9-7-11(8-10-12)13-5-4-6-14(17)15(13)18/h1,4-10,19H,2H3. The summed E-state index contributed by atoms with van der Waals surface area (Å²) in [6.07, 6.45) is 5.29. The Morgan fingerprint density at radius 3 is 2.32 bits per heavy atom. The number of terminal acetylenes is 1. The minimum atomic E-state index is -1.27. The van der Waals surface area contributed by atoms with Crippen LogP contribution in [0.4, 0.5) is 0 Å². The molecule has 0 aliphatic carbocycles. The van der Waals surface area contributed by atoms with Crippen LogP contribution in [0.5, 0.6) is 0 Å².